The van der Waals surface area contributed by atoms with Gasteiger partial charge in [0.1, 0.15) is 0 Å². The molecule has 0 aromatic carbocycles. The maximum atomic E-state index is 12.7. The molecule has 0 aromatic heterocycles. The van der Waals surface area contributed by atoms with Crippen molar-refractivity contribution in [2.75, 3.05) is 50.8 Å². The van der Waals surface area contributed by atoms with Gasteiger partial charge in [-0.15, -0.1) is 6.58 Å². The lowest BCUT2D eigenvalue weighted by atomic mass is 9.33. The van der Waals surface area contributed by atoms with Gasteiger partial charge in [0.15, 0.2) is 0 Å². The minimum absolute atomic E-state index is 0.134. The van der Waals surface area contributed by atoms with Crippen molar-refractivity contribution in [3.05, 3.63) is 12.7 Å². The highest BCUT2D eigenvalue weighted by atomic mass is 32.2. The van der Waals surface area contributed by atoms with Crippen LogP contribution < -0.4 is 5.32 Å². The molecule has 2 N–H and O–H groups in total. The van der Waals surface area contributed by atoms with Crippen molar-refractivity contribution in [2.45, 2.75) is 159 Å². The molecule has 0 spiro atoms. The van der Waals surface area contributed by atoms with E-state index in [4.69, 9.17) is 0 Å². The van der Waals surface area contributed by atoms with Crippen LogP contribution in [0.5, 0.6) is 0 Å². The van der Waals surface area contributed by atoms with Crippen LogP contribution in [0, 0.1) is 45.3 Å². The summed E-state index contributed by atoms with van der Waals surface area (Å²) in [5.41, 5.74) is 0.786. The maximum absolute atomic E-state index is 12.7. The number of carboxylic acid groups (broad SMARTS) is 1. The van der Waals surface area contributed by atoms with Crippen LogP contribution in [0.3, 0.4) is 0 Å². The van der Waals surface area contributed by atoms with E-state index < -0.39 is 28.2 Å². The number of nitrogens with zero attached hydrogens (tertiary/aromatic N) is 2. The molecule has 6 aliphatic rings. The number of hydrogen-bond donors (Lipinski definition) is 2. The molecule has 6 rings (SSSR count). The van der Waals surface area contributed by atoms with E-state index in [2.05, 4.69) is 51.4 Å². The number of carbonyl (C=O) groups is 2. The first-order valence-corrected chi connectivity index (χ1v) is 23.1. The Bertz CT molecular complexity index is 1170. The van der Waals surface area contributed by atoms with Gasteiger partial charge in [0.05, 0.1) is 0 Å². The van der Waals surface area contributed by atoms with E-state index in [1.807, 2.05) is 48.5 Å². The van der Waals surface area contributed by atoms with Crippen molar-refractivity contribution < 1.29 is 18.9 Å². The van der Waals surface area contributed by atoms with Crippen molar-refractivity contribution in [2.24, 2.45) is 45.3 Å². The van der Waals surface area contributed by atoms with Crippen LogP contribution in [-0.4, -0.2) is 87.3 Å². The number of piperidine rings is 1. The summed E-state index contributed by atoms with van der Waals surface area (Å²) in [4.78, 5) is 28.6. The van der Waals surface area contributed by atoms with Gasteiger partial charge in [0.2, 0.25) is 0 Å². The van der Waals surface area contributed by atoms with Crippen molar-refractivity contribution in [1.29, 1.82) is 0 Å². The third-order valence-electron chi connectivity index (χ3n) is 15.2. The molecule has 2 aliphatic heterocycles. The van der Waals surface area contributed by atoms with Crippen LogP contribution in [0.4, 0.5) is 0 Å². The lowest BCUT2D eigenvalue weighted by Gasteiger charge is -2.73. The highest BCUT2D eigenvalue weighted by molar-refractivity contribution is 7.85. The smallest absolute Gasteiger partial charge is 0.394 e. The lowest BCUT2D eigenvalue weighted by molar-refractivity contribution is -0.239. The second kappa shape index (κ2) is 20.1. The molecule has 52 heavy (non-hydrogen) atoms. The topological polar surface area (TPSA) is 89.9 Å². The van der Waals surface area contributed by atoms with E-state index in [-0.39, 0.29) is 10.8 Å². The molecule has 1 amide bonds. The summed E-state index contributed by atoms with van der Waals surface area (Å²) in [7, 11) is -0.594. The van der Waals surface area contributed by atoms with E-state index in [1.54, 1.807) is 11.0 Å². The molecule has 4 saturated carbocycles. The SMILES string of the molecule is C=CC.CC.CC.CC.CC12CCN(C(=O)C(=O)O)C(C)(C)C1CCC1(C)C2CCC2[C@H]3CCCC3(CNCCCN3CCS(=O)CC3)CC[C@]21C. The van der Waals surface area contributed by atoms with Crippen LogP contribution in [0.1, 0.15) is 154 Å². The van der Waals surface area contributed by atoms with Crippen LogP contribution in [0.15, 0.2) is 12.7 Å². The van der Waals surface area contributed by atoms with E-state index >= 15 is 0 Å². The van der Waals surface area contributed by atoms with Gasteiger partial charge in [-0.2, -0.15) is 0 Å². The molecular weight excluding hydrogens is 667 g/mol. The predicted molar refractivity (Wildman–Crippen MR) is 222 cm³/mol. The number of fused-ring (bicyclic) bond motifs is 7. The molecule has 2 heterocycles. The van der Waals surface area contributed by atoms with E-state index in [0.29, 0.717) is 29.2 Å². The summed E-state index contributed by atoms with van der Waals surface area (Å²) in [6.07, 6.45) is 15.6. The molecular formula is C44H83N3O4S. The molecule has 6 unspecified atom stereocenters. The van der Waals surface area contributed by atoms with E-state index in [1.165, 1.54) is 64.3 Å². The zero-order valence-corrected chi connectivity index (χ0v) is 36.8. The molecule has 0 bridgehead atoms. The molecule has 0 radical (unpaired) electrons. The largest absolute Gasteiger partial charge is 0.474 e. The van der Waals surface area contributed by atoms with Crippen molar-refractivity contribution >= 4 is 22.7 Å². The monoisotopic (exact) mass is 750 g/mol. The number of nitrogens with one attached hydrogen (secondary N) is 1. The number of aliphatic carboxylic acids is 1. The molecule has 7 nitrogen and oxygen atoms in total. The van der Waals surface area contributed by atoms with E-state index in [9.17, 15) is 18.9 Å². The Morgan fingerprint density at radius 3 is 2.02 bits per heavy atom. The Labute approximate surface area is 323 Å². The number of carbonyl (C=O) groups excluding carboxylic acids is 1. The van der Waals surface area contributed by atoms with Crippen LogP contribution in [-0.2, 0) is 20.4 Å². The fourth-order valence-corrected chi connectivity index (χ4v) is 14.0. The first-order chi connectivity index (χ1) is 24.7. The second-order valence-corrected chi connectivity index (χ2v) is 19.0. The quantitative estimate of drug-likeness (QED) is 0.160. The standard InChI is InChI=1S/C35H59N3O4S.C3H6.3C2H6/c1-31(2)27-11-13-34(5)28(32(27,3)16-19-38(31)29(39)30(40)41)10-9-25-26-8-6-12-35(26,15-14-33(25,34)4)24-36-17-7-18-37-20-22-43(42)23-21-37;1-3-2;3*1-2/h25-28,36H,6-24H2,1-5H3,(H,40,41);3H,1H2,2H3;3*1-2H3/t25?,26-,27?,28?,32?,33-,34?,35?;;;;/m1..../s1. The molecule has 0 aromatic rings. The molecule has 304 valence electrons. The number of rotatable bonds is 6. The number of amides is 1. The highest BCUT2D eigenvalue weighted by Gasteiger charge is 2.70. The molecule has 8 atom stereocenters. The molecule has 2 saturated heterocycles. The first-order valence-electron chi connectivity index (χ1n) is 21.6. The Kier molecular flexibility index (Phi) is 18.1. The average Bonchev–Trinajstić information content (AvgIpc) is 3.56. The Hall–Kier alpha value is -1.25. The number of hydrogen-bond acceptors (Lipinski definition) is 5. The number of allylic oxidation sites excluding steroid dienone is 1. The Morgan fingerprint density at radius 2 is 1.42 bits per heavy atom. The van der Waals surface area contributed by atoms with Gasteiger partial charge in [-0.3, -0.25) is 9.00 Å². The Balaban J connectivity index is 0.000000960. The molecule has 4 aliphatic carbocycles. The fraction of sp³-hybridized carbons (Fsp3) is 0.909. The van der Waals surface area contributed by atoms with Crippen LogP contribution in [0.2, 0.25) is 0 Å². The van der Waals surface area contributed by atoms with Gasteiger partial charge in [-0.1, -0.05) is 74.8 Å². The van der Waals surface area contributed by atoms with Crippen LogP contribution >= 0.6 is 0 Å². The fourth-order valence-electron chi connectivity index (χ4n) is 12.9. The third kappa shape index (κ3) is 8.90. The highest BCUT2D eigenvalue weighted by Crippen LogP contribution is 2.76. The Morgan fingerprint density at radius 1 is 0.808 bits per heavy atom. The number of carboxylic acids is 1. The van der Waals surface area contributed by atoms with Crippen LogP contribution in [0.25, 0.3) is 0 Å². The zero-order chi connectivity index (χ0) is 39.5. The van der Waals surface area contributed by atoms with Gasteiger partial charge in [0.25, 0.3) is 0 Å². The first kappa shape index (κ1) is 46.9. The summed E-state index contributed by atoms with van der Waals surface area (Å²) in [6.45, 7) is 35.3. The number of likely N-dealkylation sites (tertiary alicyclic amines) is 1. The predicted octanol–water partition coefficient (Wildman–Crippen LogP) is 9.43. The van der Waals surface area contributed by atoms with E-state index in [0.717, 1.165) is 62.4 Å². The molecule has 6 fully saturated rings. The van der Waals surface area contributed by atoms with Crippen molar-refractivity contribution in [3.8, 4) is 0 Å². The van der Waals surface area contributed by atoms with Gasteiger partial charge in [-0.05, 0) is 143 Å². The minimum Gasteiger partial charge on any atom is -0.474 e. The van der Waals surface area contributed by atoms with Gasteiger partial charge < -0.3 is 20.2 Å². The normalized spacial score (nSPS) is 37.5. The summed E-state index contributed by atoms with van der Waals surface area (Å²) in [5.74, 6) is 2.23. The van der Waals surface area contributed by atoms with Gasteiger partial charge in [0, 0.05) is 54.0 Å². The summed E-state index contributed by atoms with van der Waals surface area (Å²) >= 11 is 0. The second-order valence-electron chi connectivity index (χ2n) is 17.3. The van der Waals surface area contributed by atoms with Crippen molar-refractivity contribution in [1.82, 2.24) is 15.1 Å². The minimum atomic E-state index is -1.32. The zero-order valence-electron chi connectivity index (χ0n) is 36.0. The summed E-state index contributed by atoms with van der Waals surface area (Å²) < 4.78 is 11.7. The van der Waals surface area contributed by atoms with Gasteiger partial charge >= 0.3 is 11.9 Å². The lowest BCUT2D eigenvalue weighted by Crippen LogP contribution is -2.70. The summed E-state index contributed by atoms with van der Waals surface area (Å²) in [6, 6.07) is 0. The van der Waals surface area contributed by atoms with Gasteiger partial charge in [-0.25, -0.2) is 4.79 Å². The third-order valence-corrected chi connectivity index (χ3v) is 16.5. The average molecular weight is 750 g/mol. The van der Waals surface area contributed by atoms with Crippen molar-refractivity contribution in [3.63, 3.8) is 0 Å². The maximum Gasteiger partial charge on any atom is 0.394 e. The summed E-state index contributed by atoms with van der Waals surface area (Å²) in [5, 5.41) is 13.5. The molecule has 8 heteroatoms.